The summed E-state index contributed by atoms with van der Waals surface area (Å²) < 4.78 is 36.9. The average molecular weight is 269 g/mol. The van der Waals surface area contributed by atoms with Gasteiger partial charge in [0, 0.05) is 6.54 Å². The van der Waals surface area contributed by atoms with Gasteiger partial charge in [0.1, 0.15) is 0 Å². The van der Waals surface area contributed by atoms with Crippen LogP contribution in [-0.2, 0) is 14.3 Å². The molecule has 0 saturated carbocycles. The molecular weight excluding hydrogens is 255 g/mol. The number of carbonyl (C=O) groups is 2. The van der Waals surface area contributed by atoms with Crippen LogP contribution in [0.2, 0.25) is 0 Å². The Kier molecular flexibility index (Phi) is 7.21. The maximum absolute atomic E-state index is 11.2. The number of morpholine rings is 1. The van der Waals surface area contributed by atoms with Gasteiger partial charge < -0.3 is 15.2 Å². The van der Waals surface area contributed by atoms with E-state index in [1.807, 2.05) is 6.92 Å². The summed E-state index contributed by atoms with van der Waals surface area (Å²) in [6.07, 6.45) is -1.76. The Balaban J connectivity index is 0.000000360. The lowest BCUT2D eigenvalue weighted by atomic mass is 10.1. The smallest absolute Gasteiger partial charge is 0.475 e. The van der Waals surface area contributed by atoms with Crippen LogP contribution in [0.1, 0.15) is 6.92 Å². The largest absolute Gasteiger partial charge is 0.490 e. The fourth-order valence-electron chi connectivity index (χ4n) is 1.03. The van der Waals surface area contributed by atoms with Gasteiger partial charge in [0.2, 0.25) is 0 Å². The Hall–Kier alpha value is -1.41. The molecule has 1 saturated heterocycles. The van der Waals surface area contributed by atoms with E-state index in [9.17, 15) is 18.0 Å². The SMILES string of the molecule is C/C=C/C(=O)C1COCCN1.O=C(O)C(F)(F)F. The molecule has 1 atom stereocenters. The lowest BCUT2D eigenvalue weighted by Gasteiger charge is -2.21. The number of halogens is 3. The summed E-state index contributed by atoms with van der Waals surface area (Å²) >= 11 is 0. The van der Waals surface area contributed by atoms with Gasteiger partial charge in [-0.2, -0.15) is 13.2 Å². The maximum atomic E-state index is 11.2. The number of nitrogens with one attached hydrogen (secondary N) is 1. The number of rotatable bonds is 2. The van der Waals surface area contributed by atoms with Crippen LogP contribution in [0.4, 0.5) is 13.2 Å². The molecule has 1 aliphatic rings. The van der Waals surface area contributed by atoms with Crippen molar-refractivity contribution in [3.8, 4) is 0 Å². The molecule has 0 bridgehead atoms. The van der Waals surface area contributed by atoms with Crippen molar-refractivity contribution < 1.29 is 32.6 Å². The van der Waals surface area contributed by atoms with Gasteiger partial charge in [0.05, 0.1) is 19.3 Å². The van der Waals surface area contributed by atoms with E-state index in [1.54, 1.807) is 12.2 Å². The van der Waals surface area contributed by atoms with Crippen molar-refractivity contribution in [3.05, 3.63) is 12.2 Å². The molecule has 1 aliphatic heterocycles. The standard InChI is InChI=1S/C8H13NO2.C2HF3O2/c1-2-3-8(10)7-6-11-5-4-9-7;3-2(4,5)1(6)7/h2-3,7,9H,4-6H2,1H3;(H,6,7)/b3-2+;. The van der Waals surface area contributed by atoms with Crippen molar-refractivity contribution in [2.45, 2.75) is 19.1 Å². The number of allylic oxidation sites excluding steroid dienone is 1. The van der Waals surface area contributed by atoms with Crippen LogP contribution in [-0.4, -0.2) is 48.8 Å². The molecule has 8 heteroatoms. The molecule has 1 rings (SSSR count). The summed E-state index contributed by atoms with van der Waals surface area (Å²) in [6.45, 7) is 3.82. The fraction of sp³-hybridized carbons (Fsp3) is 0.600. The van der Waals surface area contributed by atoms with Gasteiger partial charge >= 0.3 is 12.1 Å². The number of ether oxygens (including phenoxy) is 1. The number of carboxylic acid groups (broad SMARTS) is 1. The number of ketones is 1. The first kappa shape index (κ1) is 16.6. The highest BCUT2D eigenvalue weighted by Crippen LogP contribution is 2.13. The molecule has 104 valence electrons. The van der Waals surface area contributed by atoms with E-state index in [-0.39, 0.29) is 11.8 Å². The monoisotopic (exact) mass is 269 g/mol. The molecule has 0 aromatic rings. The molecule has 0 spiro atoms. The second-order valence-corrected chi connectivity index (χ2v) is 3.29. The van der Waals surface area contributed by atoms with Crippen LogP contribution >= 0.6 is 0 Å². The molecule has 5 nitrogen and oxygen atoms in total. The van der Waals surface area contributed by atoms with Crippen LogP contribution in [0, 0.1) is 0 Å². The summed E-state index contributed by atoms with van der Waals surface area (Å²) in [5.74, 6) is -2.65. The Labute approximate surface area is 102 Å². The number of alkyl halides is 3. The lowest BCUT2D eigenvalue weighted by molar-refractivity contribution is -0.192. The van der Waals surface area contributed by atoms with E-state index < -0.39 is 12.1 Å². The van der Waals surface area contributed by atoms with Crippen LogP contribution in [0.5, 0.6) is 0 Å². The molecule has 0 amide bonds. The van der Waals surface area contributed by atoms with Crippen LogP contribution in [0.3, 0.4) is 0 Å². The number of carboxylic acids is 1. The van der Waals surface area contributed by atoms with Crippen LogP contribution in [0.25, 0.3) is 0 Å². The molecule has 1 fully saturated rings. The van der Waals surface area contributed by atoms with Crippen molar-refractivity contribution >= 4 is 11.8 Å². The first-order valence-electron chi connectivity index (χ1n) is 5.06. The van der Waals surface area contributed by atoms with E-state index in [0.29, 0.717) is 13.2 Å². The third-order valence-corrected chi connectivity index (χ3v) is 1.84. The third-order valence-electron chi connectivity index (χ3n) is 1.84. The summed E-state index contributed by atoms with van der Waals surface area (Å²) in [7, 11) is 0. The average Bonchev–Trinajstić information content (AvgIpc) is 2.30. The van der Waals surface area contributed by atoms with Gasteiger partial charge in [0.25, 0.3) is 0 Å². The number of hydrogen-bond acceptors (Lipinski definition) is 4. The van der Waals surface area contributed by atoms with Crippen molar-refractivity contribution in [2.24, 2.45) is 0 Å². The third kappa shape index (κ3) is 7.02. The van der Waals surface area contributed by atoms with Gasteiger partial charge in [-0.1, -0.05) is 6.08 Å². The zero-order chi connectivity index (χ0) is 14.2. The topological polar surface area (TPSA) is 75.6 Å². The quantitative estimate of drug-likeness (QED) is 0.724. The molecule has 0 aliphatic carbocycles. The van der Waals surface area contributed by atoms with E-state index in [4.69, 9.17) is 14.6 Å². The first-order valence-corrected chi connectivity index (χ1v) is 5.06. The van der Waals surface area contributed by atoms with Crippen molar-refractivity contribution in [1.29, 1.82) is 0 Å². The molecule has 1 unspecified atom stereocenters. The highest BCUT2D eigenvalue weighted by atomic mass is 19.4. The fourth-order valence-corrected chi connectivity index (χ4v) is 1.03. The molecule has 18 heavy (non-hydrogen) atoms. The van der Waals surface area contributed by atoms with Gasteiger partial charge in [-0.3, -0.25) is 4.79 Å². The van der Waals surface area contributed by atoms with Crippen molar-refractivity contribution in [1.82, 2.24) is 5.32 Å². The Morgan fingerprint density at radius 3 is 2.33 bits per heavy atom. The van der Waals surface area contributed by atoms with Gasteiger partial charge in [-0.15, -0.1) is 0 Å². The maximum Gasteiger partial charge on any atom is 0.490 e. The minimum absolute atomic E-state index is 0.104. The summed E-state index contributed by atoms with van der Waals surface area (Å²) in [5, 5.41) is 10.2. The van der Waals surface area contributed by atoms with E-state index in [2.05, 4.69) is 5.32 Å². The van der Waals surface area contributed by atoms with Crippen molar-refractivity contribution in [3.63, 3.8) is 0 Å². The van der Waals surface area contributed by atoms with Gasteiger partial charge in [0.15, 0.2) is 5.78 Å². The predicted molar refractivity (Wildman–Crippen MR) is 56.1 cm³/mol. The predicted octanol–water partition coefficient (Wildman–Crippen LogP) is 0.753. The van der Waals surface area contributed by atoms with Gasteiger partial charge in [-0.25, -0.2) is 4.79 Å². The number of hydrogen-bond donors (Lipinski definition) is 2. The Morgan fingerprint density at radius 2 is 2.00 bits per heavy atom. The van der Waals surface area contributed by atoms with E-state index in [1.165, 1.54) is 0 Å². The van der Waals surface area contributed by atoms with Gasteiger partial charge in [-0.05, 0) is 13.0 Å². The highest BCUT2D eigenvalue weighted by Gasteiger charge is 2.38. The zero-order valence-corrected chi connectivity index (χ0v) is 9.66. The second kappa shape index (κ2) is 7.83. The molecule has 0 aromatic carbocycles. The first-order chi connectivity index (χ1) is 8.29. The molecule has 1 heterocycles. The number of carbonyl (C=O) groups excluding carboxylic acids is 1. The highest BCUT2D eigenvalue weighted by molar-refractivity contribution is 5.94. The summed E-state index contributed by atoms with van der Waals surface area (Å²) in [4.78, 5) is 20.1. The van der Waals surface area contributed by atoms with E-state index >= 15 is 0 Å². The van der Waals surface area contributed by atoms with E-state index in [0.717, 1.165) is 6.54 Å². The Morgan fingerprint density at radius 1 is 1.44 bits per heavy atom. The Bertz CT molecular complexity index is 309. The van der Waals surface area contributed by atoms with Crippen molar-refractivity contribution in [2.75, 3.05) is 19.8 Å². The lowest BCUT2D eigenvalue weighted by Crippen LogP contribution is -2.45. The minimum atomic E-state index is -5.08. The summed E-state index contributed by atoms with van der Waals surface area (Å²) in [5.41, 5.74) is 0. The molecule has 0 aromatic heterocycles. The molecule has 2 N–H and O–H groups in total. The molecular formula is C10H14F3NO4. The minimum Gasteiger partial charge on any atom is -0.475 e. The number of aliphatic carboxylic acids is 1. The molecule has 0 radical (unpaired) electrons. The normalized spacial score (nSPS) is 20.1. The zero-order valence-electron chi connectivity index (χ0n) is 9.66. The summed E-state index contributed by atoms with van der Waals surface area (Å²) in [6, 6.07) is -0.125. The second-order valence-electron chi connectivity index (χ2n) is 3.29. The van der Waals surface area contributed by atoms with Crippen LogP contribution in [0.15, 0.2) is 12.2 Å². The van der Waals surface area contributed by atoms with Crippen LogP contribution < -0.4 is 5.32 Å².